The van der Waals surface area contributed by atoms with E-state index in [9.17, 15) is 4.79 Å². The quantitative estimate of drug-likeness (QED) is 0.456. The van der Waals surface area contributed by atoms with Crippen LogP contribution in [0, 0.1) is 6.92 Å². The molecular weight excluding hydrogens is 398 g/mol. The SMILES string of the molecule is CCCC1SC(=NN=Cc2ccc(OC)cc2OC)N(Cc2ccccc2C)C1=O. The maximum Gasteiger partial charge on any atom is 0.242 e. The number of benzene rings is 2. The second kappa shape index (κ2) is 10.3. The number of methoxy groups -OCH3 is 2. The lowest BCUT2D eigenvalue weighted by atomic mass is 10.1. The first-order valence-electron chi connectivity index (χ1n) is 9.93. The number of carbonyl (C=O) groups is 1. The molecule has 1 aliphatic heterocycles. The molecule has 2 aromatic carbocycles. The van der Waals surface area contributed by atoms with Gasteiger partial charge in [0.25, 0.3) is 0 Å². The lowest BCUT2D eigenvalue weighted by Gasteiger charge is -2.17. The second-order valence-corrected chi connectivity index (χ2v) is 8.15. The maximum absolute atomic E-state index is 13.0. The van der Waals surface area contributed by atoms with Gasteiger partial charge in [0.15, 0.2) is 5.17 Å². The molecule has 30 heavy (non-hydrogen) atoms. The zero-order chi connectivity index (χ0) is 21.5. The molecule has 0 spiro atoms. The van der Waals surface area contributed by atoms with Gasteiger partial charge in [-0.1, -0.05) is 49.4 Å². The van der Waals surface area contributed by atoms with Crippen molar-refractivity contribution < 1.29 is 14.3 Å². The Kier molecular flexibility index (Phi) is 7.52. The van der Waals surface area contributed by atoms with E-state index in [4.69, 9.17) is 9.47 Å². The fraction of sp³-hybridized carbons (Fsp3) is 0.348. The molecule has 2 aromatic rings. The van der Waals surface area contributed by atoms with Gasteiger partial charge in [-0.3, -0.25) is 9.69 Å². The first-order chi connectivity index (χ1) is 14.6. The van der Waals surface area contributed by atoms with Gasteiger partial charge < -0.3 is 9.47 Å². The van der Waals surface area contributed by atoms with Gasteiger partial charge in [-0.2, -0.15) is 5.10 Å². The Labute approximate surface area is 182 Å². The predicted molar refractivity (Wildman–Crippen MR) is 123 cm³/mol. The highest BCUT2D eigenvalue weighted by molar-refractivity contribution is 8.15. The minimum absolute atomic E-state index is 0.0982. The Bertz CT molecular complexity index is 958. The van der Waals surface area contributed by atoms with E-state index < -0.39 is 0 Å². The van der Waals surface area contributed by atoms with Gasteiger partial charge >= 0.3 is 0 Å². The second-order valence-electron chi connectivity index (χ2n) is 6.98. The third-order valence-electron chi connectivity index (χ3n) is 4.94. The highest BCUT2D eigenvalue weighted by Gasteiger charge is 2.37. The van der Waals surface area contributed by atoms with E-state index in [1.807, 2.05) is 30.3 Å². The molecule has 0 aromatic heterocycles. The number of ether oxygens (including phenoxy) is 2. The molecular formula is C23H27N3O3S. The Morgan fingerprint density at radius 2 is 1.97 bits per heavy atom. The van der Waals surface area contributed by atoms with Crippen LogP contribution in [-0.2, 0) is 11.3 Å². The highest BCUT2D eigenvalue weighted by Crippen LogP contribution is 2.32. The number of amidine groups is 1. The summed E-state index contributed by atoms with van der Waals surface area (Å²) in [7, 11) is 3.21. The van der Waals surface area contributed by atoms with E-state index >= 15 is 0 Å². The third kappa shape index (κ3) is 5.02. The fourth-order valence-corrected chi connectivity index (χ4v) is 4.41. The summed E-state index contributed by atoms with van der Waals surface area (Å²) in [6.07, 6.45) is 3.40. The number of hydrogen-bond donors (Lipinski definition) is 0. The van der Waals surface area contributed by atoms with E-state index in [0.717, 1.165) is 29.5 Å². The highest BCUT2D eigenvalue weighted by atomic mass is 32.2. The summed E-state index contributed by atoms with van der Waals surface area (Å²) in [5.74, 6) is 1.45. The van der Waals surface area contributed by atoms with Crippen molar-refractivity contribution in [1.29, 1.82) is 0 Å². The molecule has 1 amide bonds. The Hall–Kier alpha value is -2.80. The third-order valence-corrected chi connectivity index (χ3v) is 6.18. The zero-order valence-corrected chi connectivity index (χ0v) is 18.6. The molecule has 0 saturated carbocycles. The molecule has 1 saturated heterocycles. The molecule has 1 heterocycles. The number of hydrogen-bond acceptors (Lipinski definition) is 6. The summed E-state index contributed by atoms with van der Waals surface area (Å²) in [4.78, 5) is 14.7. The van der Waals surface area contributed by atoms with E-state index in [-0.39, 0.29) is 11.2 Å². The summed E-state index contributed by atoms with van der Waals surface area (Å²) >= 11 is 1.49. The Morgan fingerprint density at radius 1 is 1.17 bits per heavy atom. The molecule has 0 radical (unpaired) electrons. The molecule has 158 valence electrons. The van der Waals surface area contributed by atoms with Gasteiger partial charge in [-0.15, -0.1) is 5.10 Å². The average Bonchev–Trinajstić information content (AvgIpc) is 3.05. The van der Waals surface area contributed by atoms with Crippen molar-refractivity contribution in [2.75, 3.05) is 14.2 Å². The minimum Gasteiger partial charge on any atom is -0.497 e. The number of carbonyl (C=O) groups excluding carboxylic acids is 1. The zero-order valence-electron chi connectivity index (χ0n) is 17.8. The minimum atomic E-state index is -0.108. The normalized spacial score (nSPS) is 17.9. The molecule has 0 bridgehead atoms. The van der Waals surface area contributed by atoms with Crippen molar-refractivity contribution >= 4 is 29.1 Å². The molecule has 1 aliphatic rings. The van der Waals surface area contributed by atoms with E-state index in [1.54, 1.807) is 31.4 Å². The predicted octanol–water partition coefficient (Wildman–Crippen LogP) is 4.65. The van der Waals surface area contributed by atoms with Gasteiger partial charge in [-0.05, 0) is 36.6 Å². The molecule has 6 nitrogen and oxygen atoms in total. The van der Waals surface area contributed by atoms with Crippen LogP contribution >= 0.6 is 11.8 Å². The van der Waals surface area contributed by atoms with Gasteiger partial charge in [0.2, 0.25) is 5.91 Å². The summed E-state index contributed by atoms with van der Waals surface area (Å²) in [6.45, 7) is 4.64. The smallest absolute Gasteiger partial charge is 0.242 e. The van der Waals surface area contributed by atoms with E-state index in [1.165, 1.54) is 11.8 Å². The van der Waals surface area contributed by atoms with Crippen LogP contribution in [0.2, 0.25) is 0 Å². The van der Waals surface area contributed by atoms with Crippen LogP contribution in [0.4, 0.5) is 0 Å². The lowest BCUT2D eigenvalue weighted by molar-refractivity contribution is -0.126. The van der Waals surface area contributed by atoms with Crippen molar-refractivity contribution in [3.05, 3.63) is 59.2 Å². The van der Waals surface area contributed by atoms with Crippen LogP contribution in [0.5, 0.6) is 11.5 Å². The first kappa shape index (κ1) is 21.9. The Morgan fingerprint density at radius 3 is 2.67 bits per heavy atom. The molecule has 0 aliphatic carbocycles. The van der Waals surface area contributed by atoms with Gasteiger partial charge in [-0.25, -0.2) is 0 Å². The summed E-state index contributed by atoms with van der Waals surface area (Å²) < 4.78 is 10.6. The summed E-state index contributed by atoms with van der Waals surface area (Å²) in [5, 5.41) is 9.17. The van der Waals surface area contributed by atoms with Crippen LogP contribution in [0.1, 0.15) is 36.5 Å². The van der Waals surface area contributed by atoms with Gasteiger partial charge in [0, 0.05) is 11.6 Å². The molecule has 3 rings (SSSR count). The largest absolute Gasteiger partial charge is 0.497 e. The average molecular weight is 426 g/mol. The molecule has 1 unspecified atom stereocenters. The number of amides is 1. The number of thioether (sulfide) groups is 1. The van der Waals surface area contributed by atoms with E-state index in [2.05, 4.69) is 30.1 Å². The van der Waals surface area contributed by atoms with Crippen molar-refractivity contribution in [2.45, 2.75) is 38.5 Å². The van der Waals surface area contributed by atoms with Crippen molar-refractivity contribution in [3.8, 4) is 11.5 Å². The number of aryl methyl sites for hydroxylation is 1. The van der Waals surface area contributed by atoms with Crippen LogP contribution in [-0.4, -0.2) is 41.7 Å². The van der Waals surface area contributed by atoms with Crippen LogP contribution in [0.3, 0.4) is 0 Å². The topological polar surface area (TPSA) is 63.5 Å². The van der Waals surface area contributed by atoms with Crippen LogP contribution < -0.4 is 9.47 Å². The van der Waals surface area contributed by atoms with Crippen molar-refractivity contribution in [1.82, 2.24) is 4.90 Å². The van der Waals surface area contributed by atoms with E-state index in [0.29, 0.717) is 23.2 Å². The molecule has 1 atom stereocenters. The maximum atomic E-state index is 13.0. The van der Waals surface area contributed by atoms with Crippen LogP contribution in [0.25, 0.3) is 0 Å². The Balaban J connectivity index is 1.85. The first-order valence-corrected chi connectivity index (χ1v) is 10.8. The monoisotopic (exact) mass is 425 g/mol. The van der Waals surface area contributed by atoms with Crippen molar-refractivity contribution in [2.24, 2.45) is 10.2 Å². The molecule has 0 N–H and O–H groups in total. The van der Waals surface area contributed by atoms with Crippen LogP contribution in [0.15, 0.2) is 52.7 Å². The molecule has 7 heteroatoms. The summed E-state index contributed by atoms with van der Waals surface area (Å²) in [6, 6.07) is 13.6. The summed E-state index contributed by atoms with van der Waals surface area (Å²) in [5.41, 5.74) is 3.05. The van der Waals surface area contributed by atoms with Crippen molar-refractivity contribution in [3.63, 3.8) is 0 Å². The number of nitrogens with zero attached hydrogens (tertiary/aromatic N) is 3. The fourth-order valence-electron chi connectivity index (χ4n) is 3.20. The standard InChI is InChI=1S/C23H27N3O3S/c1-5-8-21-22(27)26(15-18-10-7-6-9-16(18)2)23(30-21)25-24-14-17-11-12-19(28-3)13-20(17)29-4/h6-7,9-14,21H,5,8,15H2,1-4H3. The number of rotatable bonds is 8. The van der Waals surface area contributed by atoms with Gasteiger partial charge in [0.1, 0.15) is 11.5 Å². The lowest BCUT2D eigenvalue weighted by Crippen LogP contribution is -2.31. The molecule has 1 fully saturated rings. The van der Waals surface area contributed by atoms with Gasteiger partial charge in [0.05, 0.1) is 32.2 Å².